The minimum Gasteiger partial charge on any atom is -0.406 e. The molecule has 1 aliphatic carbocycles. The smallest absolute Gasteiger partial charge is 0.193 e. The van der Waals surface area contributed by atoms with Crippen molar-refractivity contribution in [2.24, 2.45) is 5.92 Å². The molecule has 1 atom stereocenters. The Kier molecular flexibility index (Phi) is 5.82. The van der Waals surface area contributed by atoms with Crippen LogP contribution in [0.2, 0.25) is 18.1 Å². The summed E-state index contributed by atoms with van der Waals surface area (Å²) in [6.07, 6.45) is 4.75. The van der Waals surface area contributed by atoms with Gasteiger partial charge < -0.3 is 4.43 Å². The van der Waals surface area contributed by atoms with Gasteiger partial charge >= 0.3 is 0 Å². The Morgan fingerprint density at radius 1 is 1.26 bits per heavy atom. The molecule has 19 heavy (non-hydrogen) atoms. The lowest BCUT2D eigenvalue weighted by Gasteiger charge is -2.35. The van der Waals surface area contributed by atoms with Crippen molar-refractivity contribution in [2.45, 2.75) is 71.0 Å². The molecule has 0 aliphatic heterocycles. The van der Waals surface area contributed by atoms with Crippen LogP contribution in [0.3, 0.4) is 0 Å². The van der Waals surface area contributed by atoms with Gasteiger partial charge in [-0.15, -0.1) is 5.92 Å². The Labute approximate surface area is 119 Å². The average molecular weight is 280 g/mol. The van der Waals surface area contributed by atoms with Gasteiger partial charge in [0.2, 0.25) is 0 Å². The molecular weight excluding hydrogens is 252 g/mol. The van der Waals surface area contributed by atoms with E-state index in [1.807, 2.05) is 0 Å². The Morgan fingerprint density at radius 3 is 2.53 bits per heavy atom. The van der Waals surface area contributed by atoms with E-state index in [-0.39, 0.29) is 11.0 Å². The van der Waals surface area contributed by atoms with Crippen LogP contribution in [0.5, 0.6) is 0 Å². The number of ketones is 1. The molecule has 0 aromatic rings. The van der Waals surface area contributed by atoms with Crippen LogP contribution in [0, 0.1) is 17.8 Å². The van der Waals surface area contributed by atoms with Gasteiger partial charge in [-0.1, -0.05) is 33.1 Å². The molecule has 0 N–H and O–H groups in total. The summed E-state index contributed by atoms with van der Waals surface area (Å²) < 4.78 is 5.99. The van der Waals surface area contributed by atoms with Crippen molar-refractivity contribution in [1.82, 2.24) is 0 Å². The first-order valence-corrected chi connectivity index (χ1v) is 10.3. The van der Waals surface area contributed by atoms with Gasteiger partial charge in [0, 0.05) is 18.8 Å². The van der Waals surface area contributed by atoms with Crippen LogP contribution in [0.4, 0.5) is 0 Å². The lowest BCUT2D eigenvalue weighted by Crippen LogP contribution is -2.40. The van der Waals surface area contributed by atoms with Crippen LogP contribution < -0.4 is 0 Å². The number of rotatable bonds is 3. The zero-order valence-electron chi connectivity index (χ0n) is 13.1. The average Bonchev–Trinajstić information content (AvgIpc) is 2.29. The molecule has 1 aliphatic rings. The van der Waals surface area contributed by atoms with Crippen molar-refractivity contribution in [3.8, 4) is 11.8 Å². The maximum Gasteiger partial charge on any atom is 0.193 e. The first-order valence-electron chi connectivity index (χ1n) is 7.36. The van der Waals surface area contributed by atoms with E-state index < -0.39 is 8.32 Å². The Hall–Kier alpha value is -0.593. The second-order valence-electron chi connectivity index (χ2n) is 7.02. The molecule has 2 nitrogen and oxygen atoms in total. The van der Waals surface area contributed by atoms with E-state index in [1.54, 1.807) is 0 Å². The third kappa shape index (κ3) is 5.12. The molecule has 0 aromatic carbocycles. The quantitative estimate of drug-likeness (QED) is 0.573. The van der Waals surface area contributed by atoms with Crippen molar-refractivity contribution in [2.75, 3.05) is 6.61 Å². The normalized spacial score (nSPS) is 20.9. The molecule has 0 bridgehead atoms. The molecule has 0 heterocycles. The van der Waals surface area contributed by atoms with Crippen LogP contribution in [-0.2, 0) is 9.22 Å². The maximum absolute atomic E-state index is 11.7. The van der Waals surface area contributed by atoms with Gasteiger partial charge in [0.05, 0.1) is 6.61 Å². The first-order chi connectivity index (χ1) is 8.74. The third-order valence-electron chi connectivity index (χ3n) is 4.47. The Balaban J connectivity index is 2.34. The molecule has 108 valence electrons. The van der Waals surface area contributed by atoms with Crippen molar-refractivity contribution < 1.29 is 9.22 Å². The van der Waals surface area contributed by atoms with Gasteiger partial charge in [-0.25, -0.2) is 0 Å². The Morgan fingerprint density at radius 2 is 1.95 bits per heavy atom. The van der Waals surface area contributed by atoms with E-state index in [1.165, 1.54) is 6.42 Å². The van der Waals surface area contributed by atoms with Gasteiger partial charge in [0.1, 0.15) is 5.78 Å². The van der Waals surface area contributed by atoms with Gasteiger partial charge in [-0.2, -0.15) is 0 Å². The molecule has 1 unspecified atom stereocenters. The molecule has 1 fully saturated rings. The highest BCUT2D eigenvalue weighted by Gasteiger charge is 2.36. The largest absolute Gasteiger partial charge is 0.406 e. The van der Waals surface area contributed by atoms with Gasteiger partial charge in [-0.05, 0) is 31.0 Å². The van der Waals surface area contributed by atoms with E-state index in [0.29, 0.717) is 12.4 Å². The van der Waals surface area contributed by atoms with E-state index in [0.717, 1.165) is 25.7 Å². The molecule has 0 saturated heterocycles. The van der Waals surface area contributed by atoms with Gasteiger partial charge in [0.15, 0.2) is 8.32 Å². The van der Waals surface area contributed by atoms with Crippen LogP contribution in [0.1, 0.15) is 52.9 Å². The topological polar surface area (TPSA) is 26.3 Å². The highest BCUT2D eigenvalue weighted by atomic mass is 28.4. The fraction of sp³-hybridized carbons (Fsp3) is 0.812. The molecular formula is C16H28O2Si. The molecule has 1 saturated carbocycles. The predicted molar refractivity (Wildman–Crippen MR) is 82.5 cm³/mol. The molecule has 0 radical (unpaired) electrons. The third-order valence-corrected chi connectivity index (χ3v) is 8.94. The van der Waals surface area contributed by atoms with Gasteiger partial charge in [-0.3, -0.25) is 4.79 Å². The van der Waals surface area contributed by atoms with Crippen LogP contribution in [-0.4, -0.2) is 20.7 Å². The second kappa shape index (κ2) is 6.72. The lowest BCUT2D eigenvalue weighted by atomic mass is 9.86. The zero-order chi connectivity index (χ0) is 14.5. The summed E-state index contributed by atoms with van der Waals surface area (Å²) in [5, 5.41) is 0.230. The lowest BCUT2D eigenvalue weighted by molar-refractivity contribution is -0.124. The number of carbonyl (C=O) groups excluding carboxylic acids is 1. The van der Waals surface area contributed by atoms with Crippen molar-refractivity contribution in [3.63, 3.8) is 0 Å². The van der Waals surface area contributed by atoms with E-state index in [2.05, 4.69) is 45.7 Å². The van der Waals surface area contributed by atoms with Crippen LogP contribution in [0.15, 0.2) is 0 Å². The second-order valence-corrected chi connectivity index (χ2v) is 11.8. The number of carbonyl (C=O) groups is 1. The minimum atomic E-state index is -1.68. The molecule has 0 spiro atoms. The molecule has 0 amide bonds. The number of Topliss-reactive ketones (excluding diaryl/α,β-unsaturated/α-hetero) is 1. The monoisotopic (exact) mass is 280 g/mol. The summed E-state index contributed by atoms with van der Waals surface area (Å²) in [6, 6.07) is 0. The van der Waals surface area contributed by atoms with E-state index >= 15 is 0 Å². The van der Waals surface area contributed by atoms with Crippen LogP contribution >= 0.6 is 0 Å². The molecule has 0 aromatic heterocycles. The highest BCUT2D eigenvalue weighted by Crippen LogP contribution is 2.36. The summed E-state index contributed by atoms with van der Waals surface area (Å²) in [6.45, 7) is 11.7. The van der Waals surface area contributed by atoms with E-state index in [9.17, 15) is 4.79 Å². The standard InChI is InChI=1S/C16H28O2Si/c1-16(2,3)19(4,5)18-13-9-8-11-14-10-6-7-12-15(14)17/h14H,6-7,10-13H2,1-5H3. The fourth-order valence-corrected chi connectivity index (χ4v) is 2.82. The van der Waals surface area contributed by atoms with Crippen molar-refractivity contribution in [3.05, 3.63) is 0 Å². The fourth-order valence-electron chi connectivity index (χ4n) is 1.95. The summed E-state index contributed by atoms with van der Waals surface area (Å²) in [5.74, 6) is 6.82. The summed E-state index contributed by atoms with van der Waals surface area (Å²) in [7, 11) is -1.68. The van der Waals surface area contributed by atoms with Crippen molar-refractivity contribution in [1.29, 1.82) is 0 Å². The SMILES string of the molecule is CC(C)(C)[Si](C)(C)OCC#CCC1CCCCC1=O. The highest BCUT2D eigenvalue weighted by molar-refractivity contribution is 6.74. The summed E-state index contributed by atoms with van der Waals surface area (Å²) in [5.41, 5.74) is 0. The summed E-state index contributed by atoms with van der Waals surface area (Å²) >= 11 is 0. The van der Waals surface area contributed by atoms with Crippen molar-refractivity contribution >= 4 is 14.1 Å². The van der Waals surface area contributed by atoms with E-state index in [4.69, 9.17) is 4.43 Å². The zero-order valence-corrected chi connectivity index (χ0v) is 14.1. The predicted octanol–water partition coefficient (Wildman–Crippen LogP) is 4.16. The minimum absolute atomic E-state index is 0.189. The molecule has 1 rings (SSSR count). The Bertz CT molecular complexity index is 368. The maximum atomic E-state index is 11.7. The molecule has 3 heteroatoms. The summed E-state index contributed by atoms with van der Waals surface area (Å²) in [4.78, 5) is 11.7. The number of hydrogen-bond donors (Lipinski definition) is 0. The number of hydrogen-bond acceptors (Lipinski definition) is 2. The van der Waals surface area contributed by atoms with Gasteiger partial charge in [0.25, 0.3) is 0 Å². The first kappa shape index (κ1) is 16.5. The van der Waals surface area contributed by atoms with Crippen LogP contribution in [0.25, 0.3) is 0 Å².